The SMILES string of the molecule is C=CCn1c(SCc2cccc(Cl)c2)nnc1[C@H](C)Oc1ccccc1. The molecule has 0 saturated heterocycles. The van der Waals surface area contributed by atoms with Gasteiger partial charge in [0.2, 0.25) is 0 Å². The summed E-state index contributed by atoms with van der Waals surface area (Å²) in [6, 6.07) is 17.6. The summed E-state index contributed by atoms with van der Waals surface area (Å²) < 4.78 is 8.03. The van der Waals surface area contributed by atoms with Crippen LogP contribution in [-0.2, 0) is 12.3 Å². The number of hydrogen-bond acceptors (Lipinski definition) is 4. The van der Waals surface area contributed by atoms with Gasteiger partial charge in [0.25, 0.3) is 0 Å². The molecule has 0 bridgehead atoms. The summed E-state index contributed by atoms with van der Waals surface area (Å²) in [5.41, 5.74) is 1.14. The summed E-state index contributed by atoms with van der Waals surface area (Å²) in [5, 5.41) is 10.3. The molecule has 3 rings (SSSR count). The number of aromatic nitrogens is 3. The minimum Gasteiger partial charge on any atom is -0.483 e. The van der Waals surface area contributed by atoms with Crippen LogP contribution < -0.4 is 4.74 Å². The summed E-state index contributed by atoms with van der Waals surface area (Å²) >= 11 is 7.68. The zero-order valence-electron chi connectivity index (χ0n) is 14.5. The van der Waals surface area contributed by atoms with Crippen molar-refractivity contribution in [3.63, 3.8) is 0 Å². The molecule has 6 heteroatoms. The second-order valence-electron chi connectivity index (χ2n) is 5.73. The van der Waals surface area contributed by atoms with Crippen molar-refractivity contribution >= 4 is 23.4 Å². The van der Waals surface area contributed by atoms with Crippen LogP contribution in [0.3, 0.4) is 0 Å². The molecule has 0 aliphatic carbocycles. The molecule has 1 atom stereocenters. The first-order chi connectivity index (χ1) is 12.7. The second-order valence-corrected chi connectivity index (χ2v) is 7.11. The lowest BCUT2D eigenvalue weighted by atomic mass is 10.2. The molecule has 1 heterocycles. The third-order valence-electron chi connectivity index (χ3n) is 3.73. The molecule has 0 aliphatic rings. The van der Waals surface area contributed by atoms with Crippen LogP contribution >= 0.6 is 23.4 Å². The maximum Gasteiger partial charge on any atom is 0.191 e. The normalized spacial score (nSPS) is 11.9. The lowest BCUT2D eigenvalue weighted by Gasteiger charge is -2.15. The molecule has 3 aromatic rings. The molecule has 0 radical (unpaired) electrons. The third-order valence-corrected chi connectivity index (χ3v) is 5.01. The van der Waals surface area contributed by atoms with Gasteiger partial charge in [-0.2, -0.15) is 0 Å². The predicted octanol–water partition coefficient (Wildman–Crippen LogP) is 5.55. The molecule has 4 nitrogen and oxygen atoms in total. The number of nitrogens with zero attached hydrogens (tertiary/aromatic N) is 3. The third kappa shape index (κ3) is 4.68. The molecule has 0 spiro atoms. The molecule has 26 heavy (non-hydrogen) atoms. The van der Waals surface area contributed by atoms with Gasteiger partial charge in [-0.25, -0.2) is 0 Å². The van der Waals surface area contributed by atoms with Crippen molar-refractivity contribution < 1.29 is 4.74 Å². The predicted molar refractivity (Wildman–Crippen MR) is 107 cm³/mol. The Morgan fingerprint density at radius 3 is 2.73 bits per heavy atom. The van der Waals surface area contributed by atoms with Gasteiger partial charge in [-0.15, -0.1) is 16.8 Å². The quantitative estimate of drug-likeness (QED) is 0.376. The Morgan fingerprint density at radius 2 is 2.00 bits per heavy atom. The molecule has 1 aromatic heterocycles. The zero-order valence-corrected chi connectivity index (χ0v) is 16.1. The van der Waals surface area contributed by atoms with Crippen LogP contribution in [-0.4, -0.2) is 14.8 Å². The van der Waals surface area contributed by atoms with E-state index in [9.17, 15) is 0 Å². The van der Waals surface area contributed by atoms with Crippen LogP contribution in [0.2, 0.25) is 5.02 Å². The summed E-state index contributed by atoms with van der Waals surface area (Å²) in [6.07, 6.45) is 1.62. The summed E-state index contributed by atoms with van der Waals surface area (Å²) in [5.74, 6) is 2.35. The lowest BCUT2D eigenvalue weighted by molar-refractivity contribution is 0.210. The maximum atomic E-state index is 6.06. The average Bonchev–Trinajstić information content (AvgIpc) is 3.04. The number of hydrogen-bond donors (Lipinski definition) is 0. The number of allylic oxidation sites excluding steroid dienone is 1. The molecular formula is C20H20ClN3OS. The lowest BCUT2D eigenvalue weighted by Crippen LogP contribution is -2.12. The zero-order chi connectivity index (χ0) is 18.4. The highest BCUT2D eigenvalue weighted by Gasteiger charge is 2.19. The molecular weight excluding hydrogens is 366 g/mol. The first-order valence-electron chi connectivity index (χ1n) is 8.30. The number of ether oxygens (including phenoxy) is 1. The standard InChI is InChI=1S/C20H20ClN3OS/c1-3-12-24-19(15(2)25-18-10-5-4-6-11-18)22-23-20(24)26-14-16-8-7-9-17(21)13-16/h3-11,13,15H,1,12,14H2,2H3/t15-/m0/s1. The minimum atomic E-state index is -0.217. The van der Waals surface area contributed by atoms with E-state index in [1.807, 2.05) is 66.1 Å². The van der Waals surface area contributed by atoms with Crippen LogP contribution in [0, 0.1) is 0 Å². The Hall–Kier alpha value is -2.24. The largest absolute Gasteiger partial charge is 0.483 e. The van der Waals surface area contributed by atoms with Crippen molar-refractivity contribution in [1.29, 1.82) is 0 Å². The summed E-state index contributed by atoms with van der Waals surface area (Å²) in [6.45, 7) is 6.45. The van der Waals surface area contributed by atoms with Crippen molar-refractivity contribution in [2.45, 2.75) is 30.5 Å². The Bertz CT molecular complexity index is 867. The van der Waals surface area contributed by atoms with Gasteiger partial charge in [-0.3, -0.25) is 4.57 Å². The monoisotopic (exact) mass is 385 g/mol. The molecule has 0 fully saturated rings. The van der Waals surface area contributed by atoms with Crippen LogP contribution in [0.4, 0.5) is 0 Å². The maximum absolute atomic E-state index is 6.06. The average molecular weight is 386 g/mol. The second kappa shape index (κ2) is 8.92. The molecule has 0 aliphatic heterocycles. The van der Waals surface area contributed by atoms with Gasteiger partial charge in [-0.1, -0.05) is 59.8 Å². The summed E-state index contributed by atoms with van der Waals surface area (Å²) in [4.78, 5) is 0. The first kappa shape index (κ1) is 18.5. The first-order valence-corrected chi connectivity index (χ1v) is 9.66. The van der Waals surface area contributed by atoms with Crippen LogP contribution in [0.25, 0.3) is 0 Å². The van der Waals surface area contributed by atoms with E-state index in [0.29, 0.717) is 6.54 Å². The fraction of sp³-hybridized carbons (Fsp3) is 0.200. The van der Waals surface area contributed by atoms with Gasteiger partial charge in [-0.05, 0) is 36.8 Å². The van der Waals surface area contributed by atoms with Gasteiger partial charge in [0.1, 0.15) is 5.75 Å². The smallest absolute Gasteiger partial charge is 0.191 e. The summed E-state index contributed by atoms with van der Waals surface area (Å²) in [7, 11) is 0. The van der Waals surface area contributed by atoms with Crippen LogP contribution in [0.15, 0.2) is 72.4 Å². The van der Waals surface area contributed by atoms with Gasteiger partial charge >= 0.3 is 0 Å². The van der Waals surface area contributed by atoms with Crippen molar-refractivity contribution in [2.24, 2.45) is 0 Å². The highest BCUT2D eigenvalue weighted by Crippen LogP contribution is 2.27. The van der Waals surface area contributed by atoms with E-state index in [2.05, 4.69) is 22.8 Å². The Balaban J connectivity index is 1.75. The van der Waals surface area contributed by atoms with Gasteiger partial charge in [0.15, 0.2) is 17.1 Å². The Labute approximate surface area is 162 Å². The van der Waals surface area contributed by atoms with E-state index < -0.39 is 0 Å². The van der Waals surface area contributed by atoms with Gasteiger partial charge in [0.05, 0.1) is 0 Å². The number of thioether (sulfide) groups is 1. The molecule has 2 aromatic carbocycles. The molecule has 0 saturated carbocycles. The van der Waals surface area contributed by atoms with Crippen LogP contribution in [0.5, 0.6) is 5.75 Å². The van der Waals surface area contributed by atoms with E-state index >= 15 is 0 Å². The Morgan fingerprint density at radius 1 is 1.19 bits per heavy atom. The van der Waals surface area contributed by atoms with E-state index in [0.717, 1.165) is 33.1 Å². The van der Waals surface area contributed by atoms with Gasteiger partial charge in [0, 0.05) is 17.3 Å². The van der Waals surface area contributed by atoms with Gasteiger partial charge < -0.3 is 4.74 Å². The molecule has 0 N–H and O–H groups in total. The fourth-order valence-electron chi connectivity index (χ4n) is 2.54. The van der Waals surface area contributed by atoms with E-state index in [1.54, 1.807) is 11.8 Å². The number of rotatable bonds is 8. The fourth-order valence-corrected chi connectivity index (χ4v) is 3.65. The molecule has 0 unspecified atom stereocenters. The van der Waals surface area contributed by atoms with E-state index in [1.165, 1.54) is 0 Å². The molecule has 134 valence electrons. The van der Waals surface area contributed by atoms with Crippen molar-refractivity contribution in [1.82, 2.24) is 14.8 Å². The number of para-hydroxylation sites is 1. The molecule has 0 amide bonds. The topological polar surface area (TPSA) is 39.9 Å². The van der Waals surface area contributed by atoms with Crippen molar-refractivity contribution in [2.75, 3.05) is 0 Å². The van der Waals surface area contributed by atoms with Crippen LogP contribution in [0.1, 0.15) is 24.4 Å². The number of benzene rings is 2. The van der Waals surface area contributed by atoms with Crippen molar-refractivity contribution in [3.05, 3.63) is 83.7 Å². The highest BCUT2D eigenvalue weighted by atomic mass is 35.5. The van der Waals surface area contributed by atoms with E-state index in [-0.39, 0.29) is 6.10 Å². The minimum absolute atomic E-state index is 0.217. The Kier molecular flexibility index (Phi) is 6.36. The number of halogens is 1. The highest BCUT2D eigenvalue weighted by molar-refractivity contribution is 7.98. The van der Waals surface area contributed by atoms with Crippen molar-refractivity contribution in [3.8, 4) is 5.75 Å². The van der Waals surface area contributed by atoms with E-state index in [4.69, 9.17) is 16.3 Å².